The molecule has 0 aliphatic rings. The van der Waals surface area contributed by atoms with Gasteiger partial charge in [0.05, 0.1) is 11.6 Å². The number of benzene rings is 2. The summed E-state index contributed by atoms with van der Waals surface area (Å²) in [5, 5.41) is 11.8. The first kappa shape index (κ1) is 15.5. The molecule has 1 amide bonds. The Kier molecular flexibility index (Phi) is 3.84. The summed E-state index contributed by atoms with van der Waals surface area (Å²) in [5.41, 5.74) is 2.77. The number of fused-ring (bicyclic) bond motifs is 1. The van der Waals surface area contributed by atoms with Gasteiger partial charge in [-0.05, 0) is 24.3 Å². The fourth-order valence-corrected chi connectivity index (χ4v) is 2.57. The summed E-state index contributed by atoms with van der Waals surface area (Å²) >= 11 is 0. The minimum absolute atomic E-state index is 0.270. The summed E-state index contributed by atoms with van der Waals surface area (Å²) in [7, 11) is 0. The van der Waals surface area contributed by atoms with Crippen molar-refractivity contribution < 1.29 is 4.79 Å². The van der Waals surface area contributed by atoms with Crippen molar-refractivity contribution in [3.8, 4) is 17.5 Å². The first-order valence-corrected chi connectivity index (χ1v) is 7.82. The van der Waals surface area contributed by atoms with Crippen molar-refractivity contribution in [2.75, 3.05) is 5.32 Å². The molecule has 0 aliphatic heterocycles. The molecule has 2 aromatic carbocycles. The van der Waals surface area contributed by atoms with Gasteiger partial charge in [0.15, 0.2) is 11.5 Å². The molecule has 7 heteroatoms. The number of aromatic nitrogens is 4. The third-order valence-corrected chi connectivity index (χ3v) is 3.82. The zero-order valence-corrected chi connectivity index (χ0v) is 13.5. The number of amides is 1. The predicted octanol–water partition coefficient (Wildman–Crippen LogP) is 3.14. The highest BCUT2D eigenvalue weighted by Gasteiger charge is 2.14. The van der Waals surface area contributed by atoms with E-state index in [1.165, 1.54) is 6.33 Å². The Balaban J connectivity index is 1.72. The molecule has 0 fully saturated rings. The molecule has 2 aromatic heterocycles. The van der Waals surface area contributed by atoms with Crippen molar-refractivity contribution in [1.82, 2.24) is 19.9 Å². The molecule has 7 nitrogen and oxygen atoms in total. The number of H-pyrrole nitrogens is 1. The number of hydrogen-bond acceptors (Lipinski definition) is 5. The van der Waals surface area contributed by atoms with Crippen molar-refractivity contribution in [2.45, 2.75) is 0 Å². The van der Waals surface area contributed by atoms with Gasteiger partial charge in [-0.2, -0.15) is 5.26 Å². The highest BCUT2D eigenvalue weighted by molar-refractivity contribution is 6.06. The van der Waals surface area contributed by atoms with Gasteiger partial charge in [0.1, 0.15) is 17.7 Å². The maximum absolute atomic E-state index is 12.4. The quantitative estimate of drug-likeness (QED) is 0.596. The summed E-state index contributed by atoms with van der Waals surface area (Å²) in [6, 6.07) is 18.0. The molecular formula is C19H12N6O. The molecule has 0 saturated heterocycles. The molecule has 0 atom stereocenters. The van der Waals surface area contributed by atoms with Crippen LogP contribution in [0.2, 0.25) is 0 Å². The maximum Gasteiger partial charge on any atom is 0.256 e. The van der Waals surface area contributed by atoms with Crippen molar-refractivity contribution >= 4 is 22.9 Å². The number of hydrogen-bond donors (Lipinski definition) is 2. The van der Waals surface area contributed by atoms with E-state index in [0.29, 0.717) is 33.9 Å². The zero-order chi connectivity index (χ0) is 17.9. The normalized spacial score (nSPS) is 10.4. The van der Waals surface area contributed by atoms with Crippen molar-refractivity contribution in [2.24, 2.45) is 0 Å². The summed E-state index contributed by atoms with van der Waals surface area (Å²) in [5.74, 6) is 0.625. The van der Waals surface area contributed by atoms with E-state index >= 15 is 0 Å². The van der Waals surface area contributed by atoms with Gasteiger partial charge in [0.25, 0.3) is 5.91 Å². The average molecular weight is 340 g/mol. The van der Waals surface area contributed by atoms with E-state index in [2.05, 4.69) is 31.3 Å². The lowest BCUT2D eigenvalue weighted by Crippen LogP contribution is -2.13. The molecule has 0 saturated carbocycles. The average Bonchev–Trinajstić information content (AvgIpc) is 3.14. The number of carbonyl (C=O) groups excluding carboxylic acids is 1. The van der Waals surface area contributed by atoms with Crippen LogP contribution in [0.25, 0.3) is 22.6 Å². The van der Waals surface area contributed by atoms with Gasteiger partial charge in [0, 0.05) is 11.1 Å². The fraction of sp³-hybridized carbons (Fsp3) is 0. The Bertz CT molecular complexity index is 1140. The minimum Gasteiger partial charge on any atom is -0.334 e. The molecule has 4 aromatic rings. The Morgan fingerprint density at radius 3 is 2.73 bits per heavy atom. The second kappa shape index (κ2) is 6.45. The van der Waals surface area contributed by atoms with E-state index in [4.69, 9.17) is 5.26 Å². The number of nitrogens with one attached hydrogen (secondary N) is 2. The highest BCUT2D eigenvalue weighted by Crippen LogP contribution is 2.23. The topological polar surface area (TPSA) is 107 Å². The molecule has 0 spiro atoms. The van der Waals surface area contributed by atoms with Gasteiger partial charge >= 0.3 is 0 Å². The third kappa shape index (κ3) is 2.87. The van der Waals surface area contributed by atoms with Gasteiger partial charge < -0.3 is 10.3 Å². The van der Waals surface area contributed by atoms with Gasteiger partial charge in [-0.15, -0.1) is 0 Å². The third-order valence-electron chi connectivity index (χ3n) is 3.82. The first-order valence-electron chi connectivity index (χ1n) is 7.82. The molecule has 124 valence electrons. The van der Waals surface area contributed by atoms with Gasteiger partial charge in [-0.3, -0.25) is 4.79 Å². The van der Waals surface area contributed by atoms with E-state index in [1.807, 2.05) is 12.1 Å². The van der Waals surface area contributed by atoms with Crippen LogP contribution >= 0.6 is 0 Å². The number of carbonyl (C=O) groups is 1. The lowest BCUT2D eigenvalue weighted by Gasteiger charge is -2.04. The Labute approximate surface area is 148 Å². The van der Waals surface area contributed by atoms with Crippen molar-refractivity contribution in [1.29, 1.82) is 5.26 Å². The van der Waals surface area contributed by atoms with E-state index in [1.54, 1.807) is 42.5 Å². The Morgan fingerprint density at radius 2 is 1.92 bits per heavy atom. The maximum atomic E-state index is 12.4. The standard InChI is InChI=1S/C19H12N6O/c20-10-12-5-4-8-14(9-12)16-23-15-17(24-16)21-11-22-18(15)25-19(26)13-6-2-1-3-7-13/h1-9,11H,(H2,21,22,23,24,25,26). The van der Waals surface area contributed by atoms with Crippen LogP contribution in [0.3, 0.4) is 0 Å². The van der Waals surface area contributed by atoms with Crippen LogP contribution in [-0.2, 0) is 0 Å². The molecule has 0 unspecified atom stereocenters. The minimum atomic E-state index is -0.270. The van der Waals surface area contributed by atoms with Crippen LogP contribution in [0.5, 0.6) is 0 Å². The van der Waals surface area contributed by atoms with E-state index in [9.17, 15) is 4.79 Å². The molecule has 4 rings (SSSR count). The lowest BCUT2D eigenvalue weighted by molar-refractivity contribution is 0.102. The van der Waals surface area contributed by atoms with Crippen molar-refractivity contribution in [3.05, 3.63) is 72.1 Å². The summed E-state index contributed by atoms with van der Waals surface area (Å²) in [4.78, 5) is 28.2. The van der Waals surface area contributed by atoms with Crippen LogP contribution in [0.15, 0.2) is 60.9 Å². The number of rotatable bonds is 3. The van der Waals surface area contributed by atoms with Gasteiger partial charge in [0.2, 0.25) is 0 Å². The van der Waals surface area contributed by atoms with Gasteiger partial charge in [-0.1, -0.05) is 30.3 Å². The molecular weight excluding hydrogens is 328 g/mol. The number of aromatic amines is 1. The molecule has 2 heterocycles. The lowest BCUT2D eigenvalue weighted by atomic mass is 10.1. The molecule has 0 radical (unpaired) electrons. The van der Waals surface area contributed by atoms with Crippen LogP contribution in [0.1, 0.15) is 15.9 Å². The SMILES string of the molecule is N#Cc1cccc(-c2nc3ncnc(NC(=O)c4ccccc4)c3[nH]2)c1. The van der Waals surface area contributed by atoms with Gasteiger partial charge in [-0.25, -0.2) is 15.0 Å². The predicted molar refractivity (Wildman–Crippen MR) is 96.2 cm³/mol. The van der Waals surface area contributed by atoms with Crippen LogP contribution in [0.4, 0.5) is 5.82 Å². The van der Waals surface area contributed by atoms with E-state index < -0.39 is 0 Å². The molecule has 0 bridgehead atoms. The number of imidazole rings is 1. The number of nitrogens with zero attached hydrogens (tertiary/aromatic N) is 4. The monoisotopic (exact) mass is 340 g/mol. The second-order valence-electron chi connectivity index (χ2n) is 5.52. The van der Waals surface area contributed by atoms with Crippen LogP contribution in [0, 0.1) is 11.3 Å². The zero-order valence-electron chi connectivity index (χ0n) is 13.5. The molecule has 26 heavy (non-hydrogen) atoms. The second-order valence-corrected chi connectivity index (χ2v) is 5.52. The summed E-state index contributed by atoms with van der Waals surface area (Å²) in [6.45, 7) is 0. The van der Waals surface area contributed by atoms with Crippen LogP contribution in [-0.4, -0.2) is 25.8 Å². The summed E-state index contributed by atoms with van der Waals surface area (Å²) in [6.07, 6.45) is 1.35. The number of nitriles is 1. The Hall–Kier alpha value is -4.05. The molecule has 0 aliphatic carbocycles. The summed E-state index contributed by atoms with van der Waals surface area (Å²) < 4.78 is 0. The first-order chi connectivity index (χ1) is 12.7. The highest BCUT2D eigenvalue weighted by atomic mass is 16.1. The van der Waals surface area contributed by atoms with E-state index in [-0.39, 0.29) is 5.91 Å². The van der Waals surface area contributed by atoms with Crippen molar-refractivity contribution in [3.63, 3.8) is 0 Å². The van der Waals surface area contributed by atoms with E-state index in [0.717, 1.165) is 5.56 Å². The largest absolute Gasteiger partial charge is 0.334 e. The van der Waals surface area contributed by atoms with Crippen LogP contribution < -0.4 is 5.32 Å². The Morgan fingerprint density at radius 1 is 1.08 bits per heavy atom. The molecule has 2 N–H and O–H groups in total. The smallest absolute Gasteiger partial charge is 0.256 e. The number of anilines is 1. The fourth-order valence-electron chi connectivity index (χ4n) is 2.57.